The molecule has 164 valence electrons. The van der Waals surface area contributed by atoms with E-state index in [0.29, 0.717) is 23.5 Å². The number of carbonyl (C=O) groups excluding carboxylic acids is 1. The summed E-state index contributed by atoms with van der Waals surface area (Å²) >= 11 is 5.02. The lowest BCUT2D eigenvalue weighted by atomic mass is 10.0. The average Bonchev–Trinajstić information content (AvgIpc) is 3.18. The average molecular weight is 518 g/mol. The SMILES string of the molecule is COCCn1c(=NC(=O)c2cc(-c3ccccc3)nc3ccccc23)sc2cc(Br)ccc21. The van der Waals surface area contributed by atoms with Crippen molar-refractivity contribution in [3.8, 4) is 11.3 Å². The zero-order chi connectivity index (χ0) is 22.8. The Morgan fingerprint density at radius 2 is 1.85 bits per heavy atom. The largest absolute Gasteiger partial charge is 0.383 e. The van der Waals surface area contributed by atoms with Crippen molar-refractivity contribution >= 4 is 54.3 Å². The molecule has 33 heavy (non-hydrogen) atoms. The molecule has 5 rings (SSSR count). The van der Waals surface area contributed by atoms with E-state index >= 15 is 0 Å². The zero-order valence-corrected chi connectivity index (χ0v) is 20.3. The van der Waals surface area contributed by atoms with Gasteiger partial charge in [0.2, 0.25) is 0 Å². The third-order valence-corrected chi connectivity index (χ3v) is 6.91. The maximum Gasteiger partial charge on any atom is 0.280 e. The van der Waals surface area contributed by atoms with Crippen LogP contribution >= 0.6 is 27.3 Å². The highest BCUT2D eigenvalue weighted by atomic mass is 79.9. The van der Waals surface area contributed by atoms with E-state index in [1.165, 1.54) is 11.3 Å². The number of nitrogens with zero attached hydrogens (tertiary/aromatic N) is 3. The first-order chi connectivity index (χ1) is 16.1. The van der Waals surface area contributed by atoms with Crippen molar-refractivity contribution in [2.75, 3.05) is 13.7 Å². The number of rotatable bonds is 5. The number of amides is 1. The number of aromatic nitrogens is 2. The molecule has 0 aliphatic rings. The molecular weight excluding hydrogens is 498 g/mol. The molecule has 0 unspecified atom stereocenters. The van der Waals surface area contributed by atoms with Gasteiger partial charge in [-0.05, 0) is 30.3 Å². The summed E-state index contributed by atoms with van der Waals surface area (Å²) in [5.74, 6) is -0.289. The Hall–Kier alpha value is -3.13. The molecule has 0 saturated carbocycles. The van der Waals surface area contributed by atoms with E-state index in [9.17, 15) is 4.79 Å². The Bertz CT molecular complexity index is 1540. The van der Waals surface area contributed by atoms with Gasteiger partial charge in [-0.25, -0.2) is 4.98 Å². The highest BCUT2D eigenvalue weighted by molar-refractivity contribution is 9.10. The van der Waals surface area contributed by atoms with Crippen molar-refractivity contribution in [2.24, 2.45) is 4.99 Å². The van der Waals surface area contributed by atoms with Crippen LogP contribution in [-0.4, -0.2) is 29.2 Å². The first-order valence-electron chi connectivity index (χ1n) is 10.5. The molecule has 0 bridgehead atoms. The second-order valence-corrected chi connectivity index (χ2v) is 9.42. The molecule has 0 atom stereocenters. The van der Waals surface area contributed by atoms with Crippen molar-refractivity contribution in [3.63, 3.8) is 0 Å². The summed E-state index contributed by atoms with van der Waals surface area (Å²) in [6.07, 6.45) is 0. The van der Waals surface area contributed by atoms with Gasteiger partial charge in [0.05, 0.1) is 33.6 Å². The summed E-state index contributed by atoms with van der Waals surface area (Å²) in [4.78, 5) is 23.5. The molecular formula is C26H20BrN3O2S. The number of methoxy groups -OCH3 is 1. The van der Waals surface area contributed by atoms with Gasteiger partial charge in [0, 0.05) is 29.1 Å². The van der Waals surface area contributed by atoms with Crippen LogP contribution in [0.4, 0.5) is 0 Å². The summed E-state index contributed by atoms with van der Waals surface area (Å²) < 4.78 is 9.37. The molecule has 2 aromatic heterocycles. The highest BCUT2D eigenvalue weighted by Gasteiger charge is 2.15. The van der Waals surface area contributed by atoms with Crippen LogP contribution in [0.15, 0.2) is 88.3 Å². The highest BCUT2D eigenvalue weighted by Crippen LogP contribution is 2.26. The molecule has 3 aromatic carbocycles. The van der Waals surface area contributed by atoms with Crippen molar-refractivity contribution in [1.29, 1.82) is 0 Å². The number of fused-ring (bicyclic) bond motifs is 2. The molecule has 7 heteroatoms. The lowest BCUT2D eigenvalue weighted by molar-refractivity contribution is 0.0999. The quantitative estimate of drug-likeness (QED) is 0.284. The van der Waals surface area contributed by atoms with Gasteiger partial charge in [0.25, 0.3) is 5.91 Å². The van der Waals surface area contributed by atoms with E-state index in [0.717, 1.165) is 36.8 Å². The van der Waals surface area contributed by atoms with Crippen molar-refractivity contribution in [1.82, 2.24) is 9.55 Å². The predicted molar refractivity (Wildman–Crippen MR) is 136 cm³/mol. The van der Waals surface area contributed by atoms with Gasteiger partial charge in [0.1, 0.15) is 0 Å². The third kappa shape index (κ3) is 4.39. The summed E-state index contributed by atoms with van der Waals surface area (Å²) in [6.45, 7) is 1.14. The van der Waals surface area contributed by atoms with Crippen LogP contribution in [-0.2, 0) is 11.3 Å². The zero-order valence-electron chi connectivity index (χ0n) is 17.9. The number of thiazole rings is 1. The van der Waals surface area contributed by atoms with Gasteiger partial charge in [-0.2, -0.15) is 4.99 Å². The van der Waals surface area contributed by atoms with Crippen molar-refractivity contribution in [3.05, 3.63) is 93.7 Å². The van der Waals surface area contributed by atoms with Crippen molar-refractivity contribution in [2.45, 2.75) is 6.54 Å². The third-order valence-electron chi connectivity index (χ3n) is 5.38. The Morgan fingerprint density at radius 3 is 2.67 bits per heavy atom. The number of halogens is 1. The Labute approximate surface area is 203 Å². The molecule has 2 heterocycles. The number of benzene rings is 3. The molecule has 0 spiro atoms. The topological polar surface area (TPSA) is 56.5 Å². The number of hydrogen-bond acceptors (Lipinski definition) is 4. The number of hydrogen-bond donors (Lipinski definition) is 0. The second-order valence-electron chi connectivity index (χ2n) is 7.50. The van der Waals surface area contributed by atoms with Crippen LogP contribution in [0, 0.1) is 0 Å². The van der Waals surface area contributed by atoms with E-state index in [2.05, 4.69) is 20.9 Å². The minimum Gasteiger partial charge on any atom is -0.383 e. The van der Waals surface area contributed by atoms with E-state index in [4.69, 9.17) is 9.72 Å². The van der Waals surface area contributed by atoms with E-state index in [1.807, 2.05) is 83.4 Å². The molecule has 5 nitrogen and oxygen atoms in total. The maximum absolute atomic E-state index is 13.5. The summed E-state index contributed by atoms with van der Waals surface area (Å²) in [7, 11) is 1.67. The van der Waals surface area contributed by atoms with Gasteiger partial charge < -0.3 is 9.30 Å². The van der Waals surface area contributed by atoms with Crippen molar-refractivity contribution < 1.29 is 9.53 Å². The minimum atomic E-state index is -0.289. The van der Waals surface area contributed by atoms with Crippen LogP contribution in [0.5, 0.6) is 0 Å². The first-order valence-corrected chi connectivity index (χ1v) is 12.1. The fourth-order valence-electron chi connectivity index (χ4n) is 3.79. The molecule has 0 N–H and O–H groups in total. The predicted octanol–water partition coefficient (Wildman–Crippen LogP) is 6.07. The van der Waals surface area contributed by atoms with Crippen LogP contribution in [0.1, 0.15) is 10.4 Å². The van der Waals surface area contributed by atoms with Gasteiger partial charge in [-0.3, -0.25) is 4.79 Å². The van der Waals surface area contributed by atoms with Crippen LogP contribution in [0.25, 0.3) is 32.4 Å². The van der Waals surface area contributed by atoms with Gasteiger partial charge in [0.15, 0.2) is 4.80 Å². The van der Waals surface area contributed by atoms with E-state index < -0.39 is 0 Å². The Balaban J connectivity index is 1.69. The Morgan fingerprint density at radius 1 is 1.06 bits per heavy atom. The number of para-hydroxylation sites is 1. The molecule has 0 fully saturated rings. The summed E-state index contributed by atoms with van der Waals surface area (Å²) in [5.41, 5.74) is 4.04. The minimum absolute atomic E-state index is 0.289. The van der Waals surface area contributed by atoms with Crippen LogP contribution < -0.4 is 4.80 Å². The second kappa shape index (κ2) is 9.39. The molecule has 0 radical (unpaired) electrons. The molecule has 0 aliphatic heterocycles. The molecule has 5 aromatic rings. The molecule has 1 amide bonds. The maximum atomic E-state index is 13.5. The van der Waals surface area contributed by atoms with Gasteiger partial charge in [-0.1, -0.05) is 75.8 Å². The van der Waals surface area contributed by atoms with Crippen LogP contribution in [0.2, 0.25) is 0 Å². The lowest BCUT2D eigenvalue weighted by Gasteiger charge is -2.08. The van der Waals surface area contributed by atoms with E-state index in [-0.39, 0.29) is 5.91 Å². The van der Waals surface area contributed by atoms with Crippen LogP contribution in [0.3, 0.4) is 0 Å². The Kier molecular flexibility index (Phi) is 6.17. The normalized spacial score (nSPS) is 12.0. The summed E-state index contributed by atoms with van der Waals surface area (Å²) in [6, 6.07) is 25.5. The number of ether oxygens (including phenoxy) is 1. The standard InChI is InChI=1S/C26H20BrN3O2S/c1-32-14-13-30-23-12-11-18(27)15-24(23)33-26(30)29-25(31)20-16-22(17-7-3-2-4-8-17)28-21-10-6-5-9-19(20)21/h2-12,15-16H,13-14H2,1H3. The lowest BCUT2D eigenvalue weighted by Crippen LogP contribution is -2.19. The monoisotopic (exact) mass is 517 g/mol. The number of pyridine rings is 1. The first kappa shape index (κ1) is 21.7. The van der Waals surface area contributed by atoms with E-state index in [1.54, 1.807) is 7.11 Å². The number of carbonyl (C=O) groups is 1. The van der Waals surface area contributed by atoms with Gasteiger partial charge in [-0.15, -0.1) is 0 Å². The summed E-state index contributed by atoms with van der Waals surface area (Å²) in [5, 5.41) is 0.790. The molecule has 0 aliphatic carbocycles. The fraction of sp³-hybridized carbons (Fsp3) is 0.115. The molecule has 0 saturated heterocycles. The smallest absolute Gasteiger partial charge is 0.280 e. The van der Waals surface area contributed by atoms with Gasteiger partial charge >= 0.3 is 0 Å². The fourth-order valence-corrected chi connectivity index (χ4v) is 5.39.